The van der Waals surface area contributed by atoms with Crippen molar-refractivity contribution in [2.75, 3.05) is 0 Å². The summed E-state index contributed by atoms with van der Waals surface area (Å²) in [7, 11) is 0. The molecule has 0 bridgehead atoms. The second-order valence-electron chi connectivity index (χ2n) is 1.54. The zero-order valence-electron chi connectivity index (χ0n) is 7.21. The standard InChI is InChI=1S/C2H7As.2C2H4O2/c1-3-2;2*1-2(3)4/h3H,1-2H3;2*1H3,(H,3,4). The molecule has 0 aliphatic carbocycles. The van der Waals surface area contributed by atoms with Crippen molar-refractivity contribution >= 4 is 27.7 Å². The molecule has 0 saturated carbocycles. The Morgan fingerprint density at radius 3 is 1.00 bits per heavy atom. The number of hydrogen-bond donors (Lipinski definition) is 2. The van der Waals surface area contributed by atoms with E-state index in [1.807, 2.05) is 0 Å². The van der Waals surface area contributed by atoms with E-state index in [2.05, 4.69) is 11.4 Å². The molecule has 0 heterocycles. The van der Waals surface area contributed by atoms with Crippen LogP contribution in [0, 0.1) is 0 Å². The van der Waals surface area contributed by atoms with Gasteiger partial charge in [0.05, 0.1) is 0 Å². The maximum absolute atomic E-state index is 9.00. The molecule has 0 amide bonds. The van der Waals surface area contributed by atoms with Gasteiger partial charge in [-0.2, -0.15) is 0 Å². The van der Waals surface area contributed by atoms with Gasteiger partial charge >= 0.3 is 27.2 Å². The van der Waals surface area contributed by atoms with Crippen LogP contribution in [0.3, 0.4) is 0 Å². The van der Waals surface area contributed by atoms with E-state index in [-0.39, 0.29) is 0 Å². The van der Waals surface area contributed by atoms with Crippen molar-refractivity contribution in [3.63, 3.8) is 0 Å². The number of rotatable bonds is 0. The summed E-state index contributed by atoms with van der Waals surface area (Å²) in [5.74, 6) is -1.67. The molecule has 0 aromatic carbocycles. The van der Waals surface area contributed by atoms with Crippen molar-refractivity contribution in [1.82, 2.24) is 0 Å². The van der Waals surface area contributed by atoms with E-state index >= 15 is 0 Å². The minimum atomic E-state index is -0.833. The van der Waals surface area contributed by atoms with Gasteiger partial charge in [-0.3, -0.25) is 9.59 Å². The van der Waals surface area contributed by atoms with Crippen LogP contribution in [-0.4, -0.2) is 37.9 Å². The maximum atomic E-state index is 9.00. The van der Waals surface area contributed by atoms with Crippen LogP contribution >= 0.6 is 0 Å². The van der Waals surface area contributed by atoms with Gasteiger partial charge in [-0.15, -0.1) is 0 Å². The quantitative estimate of drug-likeness (QED) is 0.596. The van der Waals surface area contributed by atoms with E-state index in [0.29, 0.717) is 15.8 Å². The molecule has 0 radical (unpaired) electrons. The summed E-state index contributed by atoms with van der Waals surface area (Å²) in [6.07, 6.45) is 0. The van der Waals surface area contributed by atoms with E-state index in [0.717, 1.165) is 13.8 Å². The van der Waals surface area contributed by atoms with Gasteiger partial charge in [-0.05, 0) is 0 Å². The average Bonchev–Trinajstić information content (AvgIpc) is 1.60. The summed E-state index contributed by atoms with van der Waals surface area (Å²) in [6, 6.07) is 0. The summed E-state index contributed by atoms with van der Waals surface area (Å²) < 4.78 is 0. The summed E-state index contributed by atoms with van der Waals surface area (Å²) in [5.41, 5.74) is 4.50. The predicted molar refractivity (Wildman–Crippen MR) is 45.5 cm³/mol. The summed E-state index contributed by atoms with van der Waals surface area (Å²) >= 11 is 0.500. The number of carboxylic acids is 2. The van der Waals surface area contributed by atoms with Crippen molar-refractivity contribution in [2.24, 2.45) is 0 Å². The second-order valence-corrected chi connectivity index (χ2v) is 3.64. The van der Waals surface area contributed by atoms with Gasteiger partial charge in [0.1, 0.15) is 0 Å². The Kier molecular flexibility index (Phi) is 24.9. The molecule has 0 rings (SSSR count). The van der Waals surface area contributed by atoms with Crippen molar-refractivity contribution in [1.29, 1.82) is 0 Å². The average molecular weight is 226 g/mol. The summed E-state index contributed by atoms with van der Waals surface area (Å²) in [4.78, 5) is 18.0. The van der Waals surface area contributed by atoms with Gasteiger partial charge < -0.3 is 10.2 Å². The van der Waals surface area contributed by atoms with Crippen LogP contribution in [0.4, 0.5) is 0 Å². The third-order valence-electron chi connectivity index (χ3n) is 0. The minimum absolute atomic E-state index is 0.500. The van der Waals surface area contributed by atoms with E-state index in [9.17, 15) is 0 Å². The third kappa shape index (κ3) is 2120. The van der Waals surface area contributed by atoms with Gasteiger partial charge in [0.15, 0.2) is 0 Å². The molecule has 68 valence electrons. The number of carboxylic acid groups (broad SMARTS) is 2. The van der Waals surface area contributed by atoms with Crippen LogP contribution in [0.25, 0.3) is 0 Å². The van der Waals surface area contributed by atoms with Crippen molar-refractivity contribution in [3.8, 4) is 0 Å². The molecule has 2 N–H and O–H groups in total. The van der Waals surface area contributed by atoms with Gasteiger partial charge in [0.2, 0.25) is 0 Å². The zero-order chi connectivity index (χ0) is 9.86. The molecule has 0 unspecified atom stereocenters. The van der Waals surface area contributed by atoms with Gasteiger partial charge in [-0.25, -0.2) is 0 Å². The van der Waals surface area contributed by atoms with Crippen LogP contribution in [0.5, 0.6) is 0 Å². The van der Waals surface area contributed by atoms with Crippen LogP contribution in [0.2, 0.25) is 11.4 Å². The monoisotopic (exact) mass is 226 g/mol. The van der Waals surface area contributed by atoms with Gasteiger partial charge in [-0.1, -0.05) is 0 Å². The molecule has 0 atom stereocenters. The molecule has 5 heteroatoms. The first-order chi connectivity index (χ1) is 4.88. The van der Waals surface area contributed by atoms with Crippen LogP contribution < -0.4 is 0 Å². The normalized spacial score (nSPS) is 6.18. The Hall–Kier alpha value is -0.502. The van der Waals surface area contributed by atoms with E-state index in [4.69, 9.17) is 19.8 Å². The molecular formula is C6H15AsO4. The predicted octanol–water partition coefficient (Wildman–Crippen LogP) is 0.701. The topological polar surface area (TPSA) is 74.6 Å². The molecule has 0 fully saturated rings. The van der Waals surface area contributed by atoms with Crippen molar-refractivity contribution in [3.05, 3.63) is 0 Å². The fraction of sp³-hybridized carbons (Fsp3) is 0.667. The fourth-order valence-electron chi connectivity index (χ4n) is 0. The number of carbonyl (C=O) groups is 2. The molecule has 4 nitrogen and oxygen atoms in total. The van der Waals surface area contributed by atoms with E-state index in [1.54, 1.807) is 0 Å². The Balaban J connectivity index is -0.0000000886. The SMILES string of the molecule is CC(=O)O.CC(=O)O.C[AsH]C. The third-order valence-corrected chi connectivity index (χ3v) is 0. The Morgan fingerprint density at radius 2 is 1.00 bits per heavy atom. The van der Waals surface area contributed by atoms with Crippen LogP contribution in [-0.2, 0) is 9.59 Å². The fourth-order valence-corrected chi connectivity index (χ4v) is 0. The zero-order valence-corrected chi connectivity index (χ0v) is 9.31. The van der Waals surface area contributed by atoms with Crippen LogP contribution in [0.15, 0.2) is 0 Å². The molecule has 11 heavy (non-hydrogen) atoms. The number of aliphatic carboxylic acids is 2. The molecular weight excluding hydrogens is 211 g/mol. The molecule has 0 aliphatic heterocycles. The van der Waals surface area contributed by atoms with E-state index in [1.165, 1.54) is 0 Å². The van der Waals surface area contributed by atoms with Crippen LogP contribution in [0.1, 0.15) is 13.8 Å². The summed E-state index contributed by atoms with van der Waals surface area (Å²) in [6.45, 7) is 2.17. The van der Waals surface area contributed by atoms with Crippen molar-refractivity contribution < 1.29 is 19.8 Å². The number of hydrogen-bond acceptors (Lipinski definition) is 2. The van der Waals surface area contributed by atoms with E-state index < -0.39 is 11.9 Å². The Morgan fingerprint density at radius 1 is 1.00 bits per heavy atom. The Labute approximate surface area is 73.3 Å². The first kappa shape index (κ1) is 16.8. The molecule has 0 spiro atoms. The van der Waals surface area contributed by atoms with Crippen molar-refractivity contribution in [2.45, 2.75) is 25.3 Å². The molecule has 0 aliphatic rings. The first-order valence-electron chi connectivity index (χ1n) is 2.86. The molecule has 0 aromatic heterocycles. The molecule has 0 aromatic rings. The Bertz CT molecular complexity index is 82.8. The second kappa shape index (κ2) is 16.2. The summed E-state index contributed by atoms with van der Waals surface area (Å²) in [5, 5.41) is 14.8. The molecule has 0 saturated heterocycles. The first-order valence-corrected chi connectivity index (χ1v) is 7.05. The van der Waals surface area contributed by atoms with Gasteiger partial charge in [0, 0.05) is 13.8 Å². The van der Waals surface area contributed by atoms with Gasteiger partial charge in [0.25, 0.3) is 11.9 Å².